The Labute approximate surface area is 170 Å². The molecule has 0 heterocycles. The fourth-order valence-electron chi connectivity index (χ4n) is 2.76. The molecule has 6 nitrogen and oxygen atoms in total. The van der Waals surface area contributed by atoms with Gasteiger partial charge in [0.15, 0.2) is 0 Å². The molecule has 0 aliphatic rings. The lowest BCUT2D eigenvalue weighted by Crippen LogP contribution is -2.40. The number of para-hydroxylation sites is 1. The molecule has 0 aromatic heterocycles. The van der Waals surface area contributed by atoms with Crippen LogP contribution in [0.3, 0.4) is 0 Å². The number of likely N-dealkylation sites (N-methyl/N-ethyl adjacent to an activating group) is 1. The molecule has 0 unspecified atom stereocenters. The van der Waals surface area contributed by atoms with Crippen LogP contribution in [-0.4, -0.2) is 43.2 Å². The summed E-state index contributed by atoms with van der Waals surface area (Å²) in [5.41, 5.74) is 5.78. The Morgan fingerprint density at radius 3 is 2.30 bits per heavy atom. The molecule has 30 heavy (non-hydrogen) atoms. The summed E-state index contributed by atoms with van der Waals surface area (Å²) in [5, 5.41) is 0. The summed E-state index contributed by atoms with van der Waals surface area (Å²) in [6.07, 6.45) is -4.94. The molecule has 10 heteroatoms. The number of halogens is 4. The first-order chi connectivity index (χ1) is 14.0. The van der Waals surface area contributed by atoms with E-state index < -0.39 is 24.0 Å². The highest BCUT2D eigenvalue weighted by molar-refractivity contribution is 5.95. The van der Waals surface area contributed by atoms with Gasteiger partial charge in [-0.3, -0.25) is 14.5 Å². The molecular weight excluding hydrogens is 406 g/mol. The number of primary amides is 1. The van der Waals surface area contributed by atoms with E-state index in [1.807, 2.05) is 0 Å². The lowest BCUT2D eigenvalue weighted by atomic mass is 10.2. The second kappa shape index (κ2) is 10.1. The number of nitrogens with two attached hydrogens (primary N) is 1. The number of nitrogens with zero attached hydrogens (tertiary/aromatic N) is 2. The van der Waals surface area contributed by atoms with Crippen molar-refractivity contribution in [3.05, 3.63) is 59.9 Å². The van der Waals surface area contributed by atoms with Crippen molar-refractivity contribution in [2.45, 2.75) is 19.3 Å². The Morgan fingerprint density at radius 2 is 1.70 bits per heavy atom. The van der Waals surface area contributed by atoms with E-state index in [9.17, 15) is 27.2 Å². The number of benzene rings is 2. The molecule has 0 radical (unpaired) electrons. The second-order valence-electron chi connectivity index (χ2n) is 6.57. The standard InChI is InChI=1S/C20H21F4N3O3/c1-26(12-14-4-2-3-5-17(14)30-20(22,23)24)13-19(29)27(11-10-18(25)28)16-8-6-15(21)7-9-16/h2-9H,10-13H2,1H3,(H2,25,28). The van der Waals surface area contributed by atoms with E-state index in [0.717, 1.165) is 0 Å². The van der Waals surface area contributed by atoms with Crippen molar-refractivity contribution in [1.82, 2.24) is 4.90 Å². The summed E-state index contributed by atoms with van der Waals surface area (Å²) in [6, 6.07) is 10.8. The van der Waals surface area contributed by atoms with Crippen LogP contribution in [0.25, 0.3) is 0 Å². The third kappa shape index (κ3) is 7.36. The maximum atomic E-state index is 13.2. The van der Waals surface area contributed by atoms with E-state index in [1.165, 1.54) is 52.3 Å². The predicted molar refractivity (Wildman–Crippen MR) is 102 cm³/mol. The number of amides is 2. The normalized spacial score (nSPS) is 11.4. The van der Waals surface area contributed by atoms with Crippen molar-refractivity contribution in [3.8, 4) is 5.75 Å². The van der Waals surface area contributed by atoms with Gasteiger partial charge in [0.05, 0.1) is 6.54 Å². The van der Waals surface area contributed by atoms with Crippen molar-refractivity contribution in [2.24, 2.45) is 5.73 Å². The Kier molecular flexibility index (Phi) is 7.76. The SMILES string of the molecule is CN(CC(=O)N(CCC(N)=O)c1ccc(F)cc1)Cc1ccccc1OC(F)(F)F. The monoisotopic (exact) mass is 427 g/mol. The minimum absolute atomic E-state index is 0.00503. The van der Waals surface area contributed by atoms with E-state index >= 15 is 0 Å². The number of carbonyl (C=O) groups is 2. The lowest BCUT2D eigenvalue weighted by Gasteiger charge is -2.26. The van der Waals surface area contributed by atoms with Crippen LogP contribution in [0.15, 0.2) is 48.5 Å². The van der Waals surface area contributed by atoms with Gasteiger partial charge in [0.25, 0.3) is 0 Å². The second-order valence-corrected chi connectivity index (χ2v) is 6.57. The molecule has 162 valence electrons. The summed E-state index contributed by atoms with van der Waals surface area (Å²) in [5.74, 6) is -1.88. The lowest BCUT2D eigenvalue weighted by molar-refractivity contribution is -0.275. The molecule has 0 fully saturated rings. The average Bonchev–Trinajstić information content (AvgIpc) is 2.63. The Bertz CT molecular complexity index is 872. The molecule has 0 saturated heterocycles. The summed E-state index contributed by atoms with van der Waals surface area (Å²) < 4.78 is 55.0. The van der Waals surface area contributed by atoms with Crippen molar-refractivity contribution >= 4 is 17.5 Å². The van der Waals surface area contributed by atoms with Crippen molar-refractivity contribution in [2.75, 3.05) is 25.0 Å². The van der Waals surface area contributed by atoms with Gasteiger partial charge >= 0.3 is 6.36 Å². The van der Waals surface area contributed by atoms with Crippen LogP contribution in [0.1, 0.15) is 12.0 Å². The molecule has 2 amide bonds. The molecule has 0 atom stereocenters. The Morgan fingerprint density at radius 1 is 1.07 bits per heavy atom. The largest absolute Gasteiger partial charge is 0.573 e. The highest BCUT2D eigenvalue weighted by atomic mass is 19.4. The summed E-state index contributed by atoms with van der Waals surface area (Å²) in [4.78, 5) is 26.7. The highest BCUT2D eigenvalue weighted by Gasteiger charge is 2.32. The first kappa shape index (κ1) is 23.1. The first-order valence-electron chi connectivity index (χ1n) is 8.91. The van der Waals surface area contributed by atoms with Gasteiger partial charge in [-0.15, -0.1) is 13.2 Å². The van der Waals surface area contributed by atoms with E-state index in [4.69, 9.17) is 5.73 Å². The number of hydrogen-bond donors (Lipinski definition) is 1. The Hall–Kier alpha value is -3.14. The minimum atomic E-state index is -4.83. The maximum absolute atomic E-state index is 13.2. The van der Waals surface area contributed by atoms with Gasteiger partial charge < -0.3 is 15.4 Å². The smallest absolute Gasteiger partial charge is 0.405 e. The molecule has 2 aromatic rings. The van der Waals surface area contributed by atoms with Crippen LogP contribution in [-0.2, 0) is 16.1 Å². The van der Waals surface area contributed by atoms with Crippen molar-refractivity contribution in [3.63, 3.8) is 0 Å². The number of anilines is 1. The van der Waals surface area contributed by atoms with Gasteiger partial charge in [-0.2, -0.15) is 0 Å². The number of ether oxygens (including phenoxy) is 1. The number of hydrogen-bond acceptors (Lipinski definition) is 4. The molecular formula is C20H21F4N3O3. The van der Waals surface area contributed by atoms with Crippen LogP contribution in [0.4, 0.5) is 23.2 Å². The van der Waals surface area contributed by atoms with Crippen molar-refractivity contribution in [1.29, 1.82) is 0 Å². The molecule has 0 bridgehead atoms. The van der Waals surface area contributed by atoms with Crippen molar-refractivity contribution < 1.29 is 31.9 Å². The molecule has 0 saturated carbocycles. The van der Waals surface area contributed by atoms with Gasteiger partial charge in [-0.25, -0.2) is 4.39 Å². The van der Waals surface area contributed by atoms with Gasteiger partial charge in [0.2, 0.25) is 11.8 Å². The average molecular weight is 427 g/mol. The number of alkyl halides is 3. The molecule has 2 aromatic carbocycles. The van der Waals surface area contributed by atoms with Gasteiger partial charge in [0, 0.05) is 30.8 Å². The number of rotatable bonds is 9. The third-order valence-electron chi connectivity index (χ3n) is 4.06. The van der Waals surface area contributed by atoms with Crippen LogP contribution in [0.5, 0.6) is 5.75 Å². The molecule has 0 aliphatic carbocycles. The predicted octanol–water partition coefficient (Wildman–Crippen LogP) is 3.06. The van der Waals surface area contributed by atoms with Gasteiger partial charge in [0.1, 0.15) is 11.6 Å². The van der Waals surface area contributed by atoms with Crippen LogP contribution < -0.4 is 15.4 Å². The quantitative estimate of drug-likeness (QED) is 0.624. The molecule has 2 N–H and O–H groups in total. The third-order valence-corrected chi connectivity index (χ3v) is 4.06. The molecule has 0 spiro atoms. The Balaban J connectivity index is 2.11. The van der Waals surface area contributed by atoms with Crippen LogP contribution >= 0.6 is 0 Å². The zero-order chi connectivity index (χ0) is 22.3. The van der Waals surface area contributed by atoms with E-state index in [0.29, 0.717) is 5.69 Å². The minimum Gasteiger partial charge on any atom is -0.405 e. The van der Waals surface area contributed by atoms with Crippen LogP contribution in [0.2, 0.25) is 0 Å². The fraction of sp³-hybridized carbons (Fsp3) is 0.300. The zero-order valence-corrected chi connectivity index (χ0v) is 16.2. The van der Waals surface area contributed by atoms with E-state index in [-0.39, 0.29) is 37.4 Å². The first-order valence-corrected chi connectivity index (χ1v) is 8.91. The summed E-state index contributed by atoms with van der Waals surface area (Å²) >= 11 is 0. The zero-order valence-electron chi connectivity index (χ0n) is 16.2. The maximum Gasteiger partial charge on any atom is 0.573 e. The van der Waals surface area contributed by atoms with E-state index in [2.05, 4.69) is 4.74 Å². The summed E-state index contributed by atoms with van der Waals surface area (Å²) in [7, 11) is 1.55. The van der Waals surface area contributed by atoms with Gasteiger partial charge in [-0.05, 0) is 37.4 Å². The highest BCUT2D eigenvalue weighted by Crippen LogP contribution is 2.27. The van der Waals surface area contributed by atoms with E-state index in [1.54, 1.807) is 13.1 Å². The van der Waals surface area contributed by atoms with Crippen LogP contribution in [0, 0.1) is 5.82 Å². The van der Waals surface area contributed by atoms with Gasteiger partial charge in [-0.1, -0.05) is 18.2 Å². The molecule has 2 rings (SSSR count). The number of carbonyl (C=O) groups excluding carboxylic acids is 2. The topological polar surface area (TPSA) is 75.9 Å². The fourth-order valence-corrected chi connectivity index (χ4v) is 2.76. The summed E-state index contributed by atoms with van der Waals surface area (Å²) in [6.45, 7) is -0.178. The molecule has 0 aliphatic heterocycles.